The Balaban J connectivity index is 0.954. The lowest BCUT2D eigenvalue weighted by Gasteiger charge is -2.28. The highest BCUT2D eigenvalue weighted by Gasteiger charge is 2.44. The van der Waals surface area contributed by atoms with Crippen LogP contribution < -0.4 is 26.2 Å². The average Bonchev–Trinajstić information content (AvgIpc) is 4.19. The number of hydrogen-bond acceptors (Lipinski definition) is 13. The first-order valence-corrected chi connectivity index (χ1v) is 32.1. The van der Waals surface area contributed by atoms with E-state index in [2.05, 4.69) is 106 Å². The van der Waals surface area contributed by atoms with Gasteiger partial charge in [0.2, 0.25) is 11.6 Å². The van der Waals surface area contributed by atoms with Crippen LogP contribution in [0.3, 0.4) is 0 Å². The van der Waals surface area contributed by atoms with E-state index in [0.29, 0.717) is 91.0 Å². The van der Waals surface area contributed by atoms with Crippen LogP contribution in [0.4, 0.5) is 17.3 Å². The molecule has 3 aromatic heterocycles. The number of fused-ring (bicyclic) bond motifs is 3. The van der Waals surface area contributed by atoms with Gasteiger partial charge in [0.15, 0.2) is 5.71 Å². The molecule has 6 aromatic rings. The van der Waals surface area contributed by atoms with Gasteiger partial charge in [-0.1, -0.05) is 68.5 Å². The SMILES string of the molecule is CC1(C)C(/C=C/C2=C(Oc3ccc(C[C@H](NC(=O)c4ccc(CCCCc5cc6c(=O)[nH]c(N)nc6[nH]5)s4)C(=O)O)cc3)C(=C/C=C3/N(CCCCS(=O)(=O)[O-])c4ccccc4C3(C)C)/CCC2)=[N+](CCCCS(=O)(=O)O)c2ccccc21. The summed E-state index contributed by atoms with van der Waals surface area (Å²) in [6.07, 6.45) is 15.2. The van der Waals surface area contributed by atoms with Gasteiger partial charge in [0.05, 0.1) is 31.5 Å². The molecule has 2 aliphatic heterocycles. The van der Waals surface area contributed by atoms with E-state index in [1.807, 2.05) is 30.3 Å². The molecule has 9 rings (SSSR count). The van der Waals surface area contributed by atoms with E-state index in [1.165, 1.54) is 11.3 Å². The number of allylic oxidation sites excluding steroid dienone is 7. The number of para-hydroxylation sites is 2. The number of carbonyl (C=O) groups is 2. The zero-order valence-corrected chi connectivity index (χ0v) is 49.5. The molecule has 3 aromatic carbocycles. The first-order chi connectivity index (χ1) is 39.4. The van der Waals surface area contributed by atoms with Crippen molar-refractivity contribution in [1.29, 1.82) is 0 Å². The maximum Gasteiger partial charge on any atom is 0.326 e. The van der Waals surface area contributed by atoms with Gasteiger partial charge >= 0.3 is 5.97 Å². The van der Waals surface area contributed by atoms with Gasteiger partial charge < -0.3 is 35.3 Å². The summed E-state index contributed by atoms with van der Waals surface area (Å²) in [4.78, 5) is 51.8. The van der Waals surface area contributed by atoms with Crippen molar-refractivity contribution < 1.29 is 49.9 Å². The number of aromatic nitrogens is 3. The van der Waals surface area contributed by atoms with Gasteiger partial charge in [-0.25, -0.2) is 13.2 Å². The van der Waals surface area contributed by atoms with E-state index in [-0.39, 0.29) is 30.1 Å². The van der Waals surface area contributed by atoms with Gasteiger partial charge in [-0.15, -0.1) is 11.3 Å². The van der Waals surface area contributed by atoms with Crippen LogP contribution in [0.1, 0.15) is 122 Å². The molecular weight excluding hydrogens is 1110 g/mol. The number of benzene rings is 3. The van der Waals surface area contributed by atoms with Crippen LogP contribution in [0.2, 0.25) is 0 Å². The predicted molar refractivity (Wildman–Crippen MR) is 323 cm³/mol. The van der Waals surface area contributed by atoms with Crippen molar-refractivity contribution in [2.24, 2.45) is 0 Å². The highest BCUT2D eigenvalue weighted by atomic mass is 32.2. The second-order valence-corrected chi connectivity index (χ2v) is 26.8. The Labute approximate surface area is 488 Å². The molecule has 3 aliphatic rings. The molecule has 5 heterocycles. The molecule has 0 fully saturated rings. The van der Waals surface area contributed by atoms with E-state index in [9.17, 15) is 45.4 Å². The summed E-state index contributed by atoms with van der Waals surface area (Å²) < 4.78 is 76.5. The molecule has 1 amide bonds. The molecule has 0 spiro atoms. The van der Waals surface area contributed by atoms with Crippen molar-refractivity contribution in [1.82, 2.24) is 20.3 Å². The summed E-state index contributed by atoms with van der Waals surface area (Å²) in [5, 5.41) is 13.5. The van der Waals surface area contributed by atoms with Crippen molar-refractivity contribution in [3.63, 3.8) is 0 Å². The summed E-state index contributed by atoms with van der Waals surface area (Å²) in [7, 11) is -8.47. The molecule has 438 valence electrons. The number of amides is 1. The normalized spacial score (nSPS) is 17.3. The third-order valence-corrected chi connectivity index (χ3v) is 18.5. The van der Waals surface area contributed by atoms with E-state index in [0.717, 1.165) is 74.9 Å². The fourth-order valence-corrected chi connectivity index (χ4v) is 13.6. The van der Waals surface area contributed by atoms with Gasteiger partial charge in [0.1, 0.15) is 29.7 Å². The maximum atomic E-state index is 13.5. The molecule has 0 saturated heterocycles. The van der Waals surface area contributed by atoms with Gasteiger partial charge in [-0.05, 0) is 149 Å². The Morgan fingerprint density at radius 3 is 2.34 bits per heavy atom. The number of H-pyrrole nitrogens is 2. The third-order valence-electron chi connectivity index (χ3n) is 15.8. The molecule has 83 heavy (non-hydrogen) atoms. The number of carbonyl (C=O) groups excluding carboxylic acids is 1. The molecule has 1 atom stereocenters. The first kappa shape index (κ1) is 60.2. The van der Waals surface area contributed by atoms with Gasteiger partial charge in [-0.3, -0.25) is 19.1 Å². The number of rotatable bonds is 25. The van der Waals surface area contributed by atoms with E-state index in [4.69, 9.17) is 10.5 Å². The van der Waals surface area contributed by atoms with Gasteiger partial charge in [0, 0.05) is 70.2 Å². The lowest BCUT2D eigenvalue weighted by Crippen LogP contribution is -2.42. The molecule has 1 aliphatic carbocycles. The quantitative estimate of drug-likeness (QED) is 0.0177. The van der Waals surface area contributed by atoms with Crippen molar-refractivity contribution in [3.05, 3.63) is 180 Å². The number of aryl methyl sites for hydroxylation is 2. The number of ether oxygens (including phenoxy) is 1. The Morgan fingerprint density at radius 1 is 0.867 bits per heavy atom. The number of aromatic amines is 2. The molecular formula is C62H71N7O11S3. The number of thiophene rings is 1. The van der Waals surface area contributed by atoms with Gasteiger partial charge in [0.25, 0.3) is 21.6 Å². The first-order valence-electron chi connectivity index (χ1n) is 28.0. The third kappa shape index (κ3) is 14.5. The van der Waals surface area contributed by atoms with Crippen LogP contribution in [-0.4, -0.2) is 98.8 Å². The van der Waals surface area contributed by atoms with Crippen molar-refractivity contribution in [2.75, 3.05) is 35.2 Å². The maximum absolute atomic E-state index is 13.5. The minimum absolute atomic E-state index is 0.0151. The summed E-state index contributed by atoms with van der Waals surface area (Å²) in [6, 6.07) is 27.7. The van der Waals surface area contributed by atoms with E-state index in [1.54, 1.807) is 36.4 Å². The fourth-order valence-electron chi connectivity index (χ4n) is 11.5. The number of carboxylic acid groups (broad SMARTS) is 1. The molecule has 18 nitrogen and oxygen atoms in total. The zero-order chi connectivity index (χ0) is 59.3. The zero-order valence-electron chi connectivity index (χ0n) is 47.1. The number of hydrogen-bond donors (Lipinski definition) is 6. The topological polar surface area (TPSA) is 281 Å². The highest BCUT2D eigenvalue weighted by Crippen LogP contribution is 2.48. The van der Waals surface area contributed by atoms with E-state index >= 15 is 0 Å². The number of anilines is 2. The summed E-state index contributed by atoms with van der Waals surface area (Å²) in [5.74, 6) is -1.19. The lowest BCUT2D eigenvalue weighted by molar-refractivity contribution is -0.438. The number of unbranched alkanes of at least 4 members (excludes halogenated alkanes) is 3. The Bertz CT molecular complexity index is 3880. The summed E-state index contributed by atoms with van der Waals surface area (Å²) >= 11 is 1.32. The number of nitrogens with one attached hydrogen (secondary N) is 3. The Kier molecular flexibility index (Phi) is 18.3. The Morgan fingerprint density at radius 2 is 1.59 bits per heavy atom. The molecule has 0 unspecified atom stereocenters. The van der Waals surface area contributed by atoms with Crippen LogP contribution in [-0.2, 0) is 55.1 Å². The second kappa shape index (κ2) is 25.2. The molecule has 0 radical (unpaired) electrons. The van der Waals surface area contributed by atoms with Crippen LogP contribution >= 0.6 is 11.3 Å². The average molecular weight is 1190 g/mol. The van der Waals surface area contributed by atoms with Crippen LogP contribution in [0, 0.1) is 0 Å². The van der Waals surface area contributed by atoms with Crippen molar-refractivity contribution >= 4 is 77.5 Å². The smallest absolute Gasteiger partial charge is 0.326 e. The summed E-state index contributed by atoms with van der Waals surface area (Å²) in [5.41, 5.74) is 14.7. The van der Waals surface area contributed by atoms with E-state index < -0.39 is 54.7 Å². The van der Waals surface area contributed by atoms with Crippen LogP contribution in [0.15, 0.2) is 143 Å². The molecule has 0 bridgehead atoms. The Hall–Kier alpha value is -7.43. The predicted octanol–water partition coefficient (Wildman–Crippen LogP) is 9.94. The number of nitrogens with two attached hydrogens (primary N) is 1. The van der Waals surface area contributed by atoms with Crippen molar-refractivity contribution in [3.8, 4) is 5.75 Å². The van der Waals surface area contributed by atoms with Gasteiger partial charge in [-0.2, -0.15) is 18.0 Å². The number of carboxylic acids is 1. The monoisotopic (exact) mass is 1190 g/mol. The minimum Gasteiger partial charge on any atom is -0.748 e. The standard InChI is InChI=1S/C62H71N7O11S3/c1-61(2)47-20-7-9-22-50(47)68(34-11-13-36-82(74,75)76)53(61)32-26-41-16-15-17-42(27-33-54-62(3,4)48-21-8-10-23-51(48)69(54)35-12-14-37-83(77,78)79)55(41)80-44-28-24-40(25-29-44)38-49(59(72)73)65-58(71)52-31-30-45(81-52)19-6-5-18-43-39-46-56(64-43)66-60(63)67-57(46)70/h7-10,20-33,39,49H,5-6,11-19,34-38H2,1-4H3,(H7-,63,64,65,66,67,70,71,72,73,74,75,76,77,78,79)/t49-/m0/s1. The lowest BCUT2D eigenvalue weighted by atomic mass is 9.81. The molecule has 21 heteroatoms. The molecule has 0 saturated carbocycles. The second-order valence-electron chi connectivity index (χ2n) is 22.5. The molecule has 7 N–H and O–H groups in total. The van der Waals surface area contributed by atoms with Crippen LogP contribution in [0.25, 0.3) is 11.0 Å². The van der Waals surface area contributed by atoms with Crippen LogP contribution in [0.5, 0.6) is 5.75 Å². The number of aliphatic carboxylic acids is 1. The van der Waals surface area contributed by atoms with Crippen molar-refractivity contribution in [2.45, 2.75) is 122 Å². The summed E-state index contributed by atoms with van der Waals surface area (Å²) in [6.45, 7) is 9.69. The minimum atomic E-state index is -4.36. The fraction of sp³-hybridized carbons (Fsp3) is 0.371. The number of nitrogen functional groups attached to an aromatic ring is 1. The largest absolute Gasteiger partial charge is 0.748 e. The number of nitrogens with zero attached hydrogens (tertiary/aromatic N) is 3. The highest BCUT2D eigenvalue weighted by molar-refractivity contribution is 7.85.